The molecule has 2 aromatic heterocycles. The van der Waals surface area contributed by atoms with Crippen molar-refractivity contribution in [2.24, 2.45) is 0 Å². The molecule has 0 fully saturated rings. The Morgan fingerprint density at radius 3 is 2.77 bits per heavy atom. The van der Waals surface area contributed by atoms with E-state index >= 15 is 0 Å². The van der Waals surface area contributed by atoms with Gasteiger partial charge in [-0.1, -0.05) is 11.2 Å². The lowest BCUT2D eigenvalue weighted by atomic mass is 10.1. The molecule has 0 bridgehead atoms. The molecule has 1 amide bonds. The van der Waals surface area contributed by atoms with E-state index in [1.54, 1.807) is 0 Å². The lowest BCUT2D eigenvalue weighted by molar-refractivity contribution is -0.140. The number of benzene rings is 1. The molecule has 7 nitrogen and oxygen atoms in total. The van der Waals surface area contributed by atoms with Crippen LogP contribution in [0.5, 0.6) is 0 Å². The first-order valence-electron chi connectivity index (χ1n) is 7.24. The summed E-state index contributed by atoms with van der Waals surface area (Å²) >= 11 is 0. The summed E-state index contributed by atoms with van der Waals surface area (Å²) < 4.78 is 57.5. The molecule has 0 atom stereocenters. The number of hydrogen-bond acceptors (Lipinski definition) is 5. The molecule has 26 heavy (non-hydrogen) atoms. The van der Waals surface area contributed by atoms with Crippen molar-refractivity contribution >= 4 is 5.91 Å². The van der Waals surface area contributed by atoms with Gasteiger partial charge in [0.1, 0.15) is 11.5 Å². The first-order valence-corrected chi connectivity index (χ1v) is 7.24. The molecule has 3 rings (SSSR count). The van der Waals surface area contributed by atoms with E-state index in [1.807, 2.05) is 0 Å². The molecule has 0 aliphatic rings. The van der Waals surface area contributed by atoms with Gasteiger partial charge in [0.05, 0.1) is 18.4 Å². The second-order valence-corrected chi connectivity index (χ2v) is 5.27. The fourth-order valence-corrected chi connectivity index (χ4v) is 2.18. The SMILES string of the molecule is O=C(NCc1ncon1)c1cn(Cc2ccc(F)c(C(F)(F)F)c2)cn1. The minimum absolute atomic E-state index is 0.00547. The molecule has 0 aliphatic carbocycles. The predicted octanol–water partition coefficient (Wildman–Crippen LogP) is 2.40. The number of carbonyl (C=O) groups is 1. The summed E-state index contributed by atoms with van der Waals surface area (Å²) in [6, 6.07) is 2.72. The van der Waals surface area contributed by atoms with Crippen molar-refractivity contribution in [3.63, 3.8) is 0 Å². The Hall–Kier alpha value is -3.24. The molecule has 11 heteroatoms. The Morgan fingerprint density at radius 2 is 2.08 bits per heavy atom. The summed E-state index contributed by atoms with van der Waals surface area (Å²) in [4.78, 5) is 19.6. The Bertz CT molecular complexity index is 905. The third-order valence-corrected chi connectivity index (χ3v) is 3.38. The molecule has 0 spiro atoms. The first kappa shape index (κ1) is 17.6. The molecule has 0 unspecified atom stereocenters. The zero-order valence-electron chi connectivity index (χ0n) is 13.0. The lowest BCUT2D eigenvalue weighted by Crippen LogP contribution is -2.23. The average molecular weight is 369 g/mol. The van der Waals surface area contributed by atoms with Gasteiger partial charge in [0.25, 0.3) is 5.91 Å². The van der Waals surface area contributed by atoms with Gasteiger partial charge in [0.2, 0.25) is 6.39 Å². The van der Waals surface area contributed by atoms with Crippen molar-refractivity contribution in [2.75, 3.05) is 0 Å². The molecular formula is C15H11F4N5O2. The van der Waals surface area contributed by atoms with Gasteiger partial charge < -0.3 is 14.4 Å². The number of nitrogens with zero attached hydrogens (tertiary/aromatic N) is 4. The van der Waals surface area contributed by atoms with E-state index in [4.69, 9.17) is 0 Å². The Kier molecular flexibility index (Phi) is 4.69. The van der Waals surface area contributed by atoms with Gasteiger partial charge >= 0.3 is 6.18 Å². The minimum Gasteiger partial charge on any atom is -0.343 e. The van der Waals surface area contributed by atoms with Crippen molar-refractivity contribution in [1.82, 2.24) is 25.0 Å². The van der Waals surface area contributed by atoms with Crippen LogP contribution < -0.4 is 5.32 Å². The number of hydrogen-bond donors (Lipinski definition) is 1. The Labute approximate surface area is 143 Å². The summed E-state index contributed by atoms with van der Waals surface area (Å²) in [5, 5.41) is 6.05. The molecule has 136 valence electrons. The van der Waals surface area contributed by atoms with E-state index < -0.39 is 23.5 Å². The first-order chi connectivity index (χ1) is 12.3. The molecule has 2 heterocycles. The van der Waals surface area contributed by atoms with Crippen molar-refractivity contribution in [2.45, 2.75) is 19.3 Å². The molecule has 0 radical (unpaired) electrons. The van der Waals surface area contributed by atoms with E-state index in [0.29, 0.717) is 0 Å². The number of rotatable bonds is 5. The average Bonchev–Trinajstić information content (AvgIpc) is 3.25. The molecule has 0 aliphatic heterocycles. The van der Waals surface area contributed by atoms with Crippen LogP contribution in [-0.4, -0.2) is 25.6 Å². The number of halogens is 4. The van der Waals surface area contributed by atoms with Crippen molar-refractivity contribution in [3.8, 4) is 0 Å². The van der Waals surface area contributed by atoms with Crippen LogP contribution in [0.4, 0.5) is 17.6 Å². The highest BCUT2D eigenvalue weighted by atomic mass is 19.4. The molecule has 1 aromatic carbocycles. The standard InChI is InChI=1S/C15H11F4N5O2/c16-11-2-1-9(3-10(11)15(17,18)19)5-24-6-12(21-7-24)14(25)20-4-13-22-8-26-23-13/h1-3,6-8H,4-5H2,(H,20,25). The highest BCUT2D eigenvalue weighted by Gasteiger charge is 2.34. The van der Waals surface area contributed by atoms with Crippen LogP contribution in [0, 0.1) is 5.82 Å². The van der Waals surface area contributed by atoms with Crippen LogP contribution >= 0.6 is 0 Å². The largest absolute Gasteiger partial charge is 0.419 e. The van der Waals surface area contributed by atoms with E-state index in [1.165, 1.54) is 23.2 Å². The summed E-state index contributed by atoms with van der Waals surface area (Å²) in [6.45, 7) is 0.0313. The highest BCUT2D eigenvalue weighted by Crippen LogP contribution is 2.32. The number of amides is 1. The fraction of sp³-hybridized carbons (Fsp3) is 0.200. The van der Waals surface area contributed by atoms with Gasteiger partial charge in [-0.05, 0) is 17.7 Å². The lowest BCUT2D eigenvalue weighted by Gasteiger charge is -2.10. The van der Waals surface area contributed by atoms with E-state index in [2.05, 4.69) is 25.0 Å². The van der Waals surface area contributed by atoms with Crippen LogP contribution in [0.3, 0.4) is 0 Å². The van der Waals surface area contributed by atoms with Gasteiger partial charge in [-0.25, -0.2) is 9.37 Å². The summed E-state index contributed by atoms with van der Waals surface area (Å²) in [6.07, 6.45) is -1.01. The second kappa shape index (κ2) is 6.94. The van der Waals surface area contributed by atoms with Crippen LogP contribution in [-0.2, 0) is 19.3 Å². The number of carbonyl (C=O) groups excluding carboxylic acids is 1. The van der Waals surface area contributed by atoms with Crippen LogP contribution in [0.15, 0.2) is 41.6 Å². The van der Waals surface area contributed by atoms with Gasteiger partial charge in [0.15, 0.2) is 5.82 Å². The highest BCUT2D eigenvalue weighted by molar-refractivity contribution is 5.91. The van der Waals surface area contributed by atoms with Crippen molar-refractivity contribution < 1.29 is 26.9 Å². The van der Waals surface area contributed by atoms with Crippen molar-refractivity contribution in [3.05, 3.63) is 65.6 Å². The third kappa shape index (κ3) is 4.05. The van der Waals surface area contributed by atoms with E-state index in [0.717, 1.165) is 18.5 Å². The van der Waals surface area contributed by atoms with Crippen LogP contribution in [0.2, 0.25) is 0 Å². The fourth-order valence-electron chi connectivity index (χ4n) is 2.18. The van der Waals surface area contributed by atoms with Gasteiger partial charge in [-0.3, -0.25) is 4.79 Å². The zero-order chi connectivity index (χ0) is 18.7. The van der Waals surface area contributed by atoms with Crippen LogP contribution in [0.1, 0.15) is 27.4 Å². The number of aromatic nitrogens is 4. The van der Waals surface area contributed by atoms with E-state index in [-0.39, 0.29) is 30.2 Å². The van der Waals surface area contributed by atoms with Gasteiger partial charge in [0, 0.05) is 12.7 Å². The van der Waals surface area contributed by atoms with Crippen LogP contribution in [0.25, 0.3) is 0 Å². The molecule has 1 N–H and O–H groups in total. The van der Waals surface area contributed by atoms with E-state index in [9.17, 15) is 22.4 Å². The summed E-state index contributed by atoms with van der Waals surface area (Å²) in [7, 11) is 0. The maximum Gasteiger partial charge on any atom is 0.419 e. The van der Waals surface area contributed by atoms with Crippen molar-refractivity contribution in [1.29, 1.82) is 0 Å². The minimum atomic E-state index is -4.78. The number of nitrogens with one attached hydrogen (secondary N) is 1. The number of alkyl halides is 3. The smallest absolute Gasteiger partial charge is 0.343 e. The maximum absolute atomic E-state index is 13.3. The molecule has 0 saturated heterocycles. The van der Waals surface area contributed by atoms with Gasteiger partial charge in [-0.2, -0.15) is 18.2 Å². The summed E-state index contributed by atoms with van der Waals surface area (Å²) in [5.41, 5.74) is -1.06. The second-order valence-electron chi connectivity index (χ2n) is 5.27. The third-order valence-electron chi connectivity index (χ3n) is 3.38. The Balaban J connectivity index is 1.67. The maximum atomic E-state index is 13.3. The normalized spacial score (nSPS) is 11.5. The zero-order valence-corrected chi connectivity index (χ0v) is 13.0. The Morgan fingerprint density at radius 1 is 1.27 bits per heavy atom. The number of imidazole rings is 1. The predicted molar refractivity (Wildman–Crippen MR) is 78.2 cm³/mol. The summed E-state index contributed by atoms with van der Waals surface area (Å²) in [5.74, 6) is -1.57. The molecular weight excluding hydrogens is 358 g/mol. The quantitative estimate of drug-likeness (QED) is 0.698. The monoisotopic (exact) mass is 369 g/mol. The topological polar surface area (TPSA) is 85.8 Å². The molecule has 3 aromatic rings. The van der Waals surface area contributed by atoms with Gasteiger partial charge in [-0.15, -0.1) is 0 Å². The molecule has 0 saturated carbocycles.